The lowest BCUT2D eigenvalue weighted by molar-refractivity contribution is 0.626. The third-order valence-corrected chi connectivity index (χ3v) is 4.57. The number of imidazole rings is 1. The van der Waals surface area contributed by atoms with E-state index in [4.69, 9.17) is 4.98 Å². The van der Waals surface area contributed by atoms with Gasteiger partial charge in [-0.15, -0.1) is 0 Å². The van der Waals surface area contributed by atoms with Crippen LogP contribution in [0.3, 0.4) is 0 Å². The third-order valence-electron chi connectivity index (χ3n) is 4.57. The second kappa shape index (κ2) is 7.72. The second-order valence-electron chi connectivity index (χ2n) is 6.55. The van der Waals surface area contributed by atoms with Crippen LogP contribution in [-0.4, -0.2) is 9.97 Å². The van der Waals surface area contributed by atoms with Crippen LogP contribution in [0.5, 0.6) is 0 Å². The van der Waals surface area contributed by atoms with Gasteiger partial charge in [-0.3, -0.25) is 0 Å². The predicted octanol–water partition coefficient (Wildman–Crippen LogP) is 5.95. The van der Waals surface area contributed by atoms with Crippen molar-refractivity contribution in [2.75, 3.05) is 0 Å². The standard InChI is InChI=1S/C23H17F3N2/c24-18-8-1-15(2-9-18)3-14-21-27-22(16-4-10-19(25)11-5-16)23(28-21)17-6-12-20(26)13-7-17/h1-2,4-13H,3,14H2,(H,27,28). The molecule has 140 valence electrons. The zero-order chi connectivity index (χ0) is 19.5. The Bertz CT molecular complexity index is 1000. The molecule has 0 saturated carbocycles. The fourth-order valence-corrected chi connectivity index (χ4v) is 3.10. The summed E-state index contributed by atoms with van der Waals surface area (Å²) in [6.45, 7) is 0. The molecule has 3 aromatic carbocycles. The number of aryl methyl sites for hydroxylation is 2. The van der Waals surface area contributed by atoms with Gasteiger partial charge in [0.1, 0.15) is 23.3 Å². The van der Waals surface area contributed by atoms with Crippen molar-refractivity contribution in [1.82, 2.24) is 9.97 Å². The van der Waals surface area contributed by atoms with Gasteiger partial charge < -0.3 is 4.98 Å². The molecule has 0 unspecified atom stereocenters. The minimum atomic E-state index is -0.320. The number of rotatable bonds is 5. The second-order valence-corrected chi connectivity index (χ2v) is 6.55. The molecule has 1 N–H and O–H groups in total. The summed E-state index contributed by atoms with van der Waals surface area (Å²) in [6, 6.07) is 18.6. The van der Waals surface area contributed by atoms with Gasteiger partial charge in [-0.2, -0.15) is 0 Å². The van der Waals surface area contributed by atoms with E-state index in [0.29, 0.717) is 18.5 Å². The number of halogens is 3. The van der Waals surface area contributed by atoms with E-state index >= 15 is 0 Å². The minimum Gasteiger partial charge on any atom is -0.341 e. The monoisotopic (exact) mass is 378 g/mol. The van der Waals surface area contributed by atoms with Gasteiger partial charge in [0.15, 0.2) is 0 Å². The molecule has 0 radical (unpaired) electrons. The molecular weight excluding hydrogens is 361 g/mol. The van der Waals surface area contributed by atoms with Crippen LogP contribution in [0.4, 0.5) is 13.2 Å². The number of aromatic amines is 1. The molecule has 28 heavy (non-hydrogen) atoms. The summed E-state index contributed by atoms with van der Waals surface area (Å²) in [5.41, 5.74) is 4.00. The van der Waals surface area contributed by atoms with Gasteiger partial charge in [-0.25, -0.2) is 18.2 Å². The molecule has 0 spiro atoms. The molecule has 1 aromatic heterocycles. The van der Waals surface area contributed by atoms with E-state index in [2.05, 4.69) is 4.98 Å². The highest BCUT2D eigenvalue weighted by molar-refractivity contribution is 5.78. The number of nitrogens with one attached hydrogen (secondary N) is 1. The highest BCUT2D eigenvalue weighted by Crippen LogP contribution is 2.30. The van der Waals surface area contributed by atoms with Crippen molar-refractivity contribution in [2.24, 2.45) is 0 Å². The Morgan fingerprint density at radius 1 is 0.607 bits per heavy atom. The molecule has 5 heteroatoms. The Kier molecular flexibility index (Phi) is 4.98. The first-order chi connectivity index (χ1) is 13.6. The Morgan fingerprint density at radius 2 is 1.11 bits per heavy atom. The van der Waals surface area contributed by atoms with Crippen molar-refractivity contribution < 1.29 is 13.2 Å². The fourth-order valence-electron chi connectivity index (χ4n) is 3.10. The predicted molar refractivity (Wildman–Crippen MR) is 103 cm³/mol. The molecule has 0 aliphatic rings. The zero-order valence-corrected chi connectivity index (χ0v) is 14.9. The number of aromatic nitrogens is 2. The van der Waals surface area contributed by atoms with E-state index in [1.165, 1.54) is 36.4 Å². The van der Waals surface area contributed by atoms with Gasteiger partial charge in [0.2, 0.25) is 0 Å². The Hall–Kier alpha value is -3.34. The highest BCUT2D eigenvalue weighted by Gasteiger charge is 2.14. The minimum absolute atomic E-state index is 0.265. The van der Waals surface area contributed by atoms with Crippen molar-refractivity contribution in [1.29, 1.82) is 0 Å². The van der Waals surface area contributed by atoms with Crippen molar-refractivity contribution in [3.8, 4) is 22.5 Å². The van der Waals surface area contributed by atoms with E-state index < -0.39 is 0 Å². The number of hydrogen-bond acceptors (Lipinski definition) is 1. The highest BCUT2D eigenvalue weighted by atomic mass is 19.1. The van der Waals surface area contributed by atoms with E-state index in [1.807, 2.05) is 0 Å². The molecule has 0 fully saturated rings. The summed E-state index contributed by atoms with van der Waals surface area (Å²) < 4.78 is 39.7. The zero-order valence-electron chi connectivity index (χ0n) is 14.9. The van der Waals surface area contributed by atoms with Crippen molar-refractivity contribution in [2.45, 2.75) is 12.8 Å². The smallest absolute Gasteiger partial charge is 0.123 e. The number of H-pyrrole nitrogens is 1. The lowest BCUT2D eigenvalue weighted by atomic mass is 10.1. The molecule has 4 aromatic rings. The molecule has 0 saturated heterocycles. The summed E-state index contributed by atoms with van der Waals surface area (Å²) in [6.07, 6.45) is 1.32. The van der Waals surface area contributed by atoms with Crippen LogP contribution in [0, 0.1) is 17.5 Å². The molecule has 0 aliphatic heterocycles. The SMILES string of the molecule is Fc1ccc(CCc2nc(-c3ccc(F)cc3)c(-c3ccc(F)cc3)[nH]2)cc1. The normalized spacial score (nSPS) is 11.0. The summed E-state index contributed by atoms with van der Waals surface area (Å²) in [5, 5.41) is 0. The first-order valence-electron chi connectivity index (χ1n) is 8.94. The molecule has 0 amide bonds. The molecule has 2 nitrogen and oxygen atoms in total. The molecule has 1 heterocycles. The quantitative estimate of drug-likeness (QED) is 0.457. The average molecular weight is 378 g/mol. The van der Waals surface area contributed by atoms with Crippen LogP contribution in [-0.2, 0) is 12.8 Å². The first kappa shape index (κ1) is 18.0. The fraction of sp³-hybridized carbons (Fsp3) is 0.0870. The average Bonchev–Trinajstić information content (AvgIpc) is 3.13. The van der Waals surface area contributed by atoms with Crippen molar-refractivity contribution >= 4 is 0 Å². The van der Waals surface area contributed by atoms with E-state index in [9.17, 15) is 13.2 Å². The van der Waals surface area contributed by atoms with Crippen LogP contribution in [0.2, 0.25) is 0 Å². The largest absolute Gasteiger partial charge is 0.341 e. The maximum atomic E-state index is 13.3. The topological polar surface area (TPSA) is 28.7 Å². The van der Waals surface area contributed by atoms with Crippen molar-refractivity contribution in [3.05, 3.63) is 102 Å². The molecule has 0 aliphatic carbocycles. The van der Waals surface area contributed by atoms with Gasteiger partial charge in [-0.1, -0.05) is 12.1 Å². The maximum absolute atomic E-state index is 13.3. The van der Waals surface area contributed by atoms with E-state index in [1.54, 1.807) is 36.4 Å². The van der Waals surface area contributed by atoms with Crippen LogP contribution in [0.25, 0.3) is 22.5 Å². The lowest BCUT2D eigenvalue weighted by Crippen LogP contribution is -1.94. The molecule has 0 bridgehead atoms. The van der Waals surface area contributed by atoms with Crippen molar-refractivity contribution in [3.63, 3.8) is 0 Å². The summed E-state index contributed by atoms with van der Waals surface area (Å²) in [7, 11) is 0. The molecule has 4 rings (SSSR count). The van der Waals surface area contributed by atoms with Gasteiger partial charge in [-0.05, 0) is 72.6 Å². The van der Waals surface area contributed by atoms with Gasteiger partial charge >= 0.3 is 0 Å². The van der Waals surface area contributed by atoms with Crippen LogP contribution < -0.4 is 0 Å². The van der Waals surface area contributed by atoms with Gasteiger partial charge in [0, 0.05) is 17.5 Å². The number of benzene rings is 3. The molecular formula is C23H17F3N2. The summed E-state index contributed by atoms with van der Waals surface area (Å²) in [5.74, 6) is -0.149. The lowest BCUT2D eigenvalue weighted by Gasteiger charge is -2.03. The van der Waals surface area contributed by atoms with Crippen LogP contribution in [0.1, 0.15) is 11.4 Å². The van der Waals surface area contributed by atoms with E-state index in [-0.39, 0.29) is 17.5 Å². The van der Waals surface area contributed by atoms with E-state index in [0.717, 1.165) is 28.2 Å². The Balaban J connectivity index is 1.67. The van der Waals surface area contributed by atoms with Gasteiger partial charge in [0.25, 0.3) is 0 Å². The maximum Gasteiger partial charge on any atom is 0.123 e. The van der Waals surface area contributed by atoms with Gasteiger partial charge in [0.05, 0.1) is 11.4 Å². The van der Waals surface area contributed by atoms with Crippen LogP contribution >= 0.6 is 0 Å². The number of hydrogen-bond donors (Lipinski definition) is 1. The van der Waals surface area contributed by atoms with Crippen LogP contribution in [0.15, 0.2) is 72.8 Å². The third kappa shape index (κ3) is 3.98. The molecule has 0 atom stereocenters. The first-order valence-corrected chi connectivity index (χ1v) is 8.94. The summed E-state index contributed by atoms with van der Waals surface area (Å²) in [4.78, 5) is 8.01. The number of nitrogens with zero attached hydrogens (tertiary/aromatic N) is 1. The Morgan fingerprint density at radius 3 is 1.68 bits per heavy atom. The summed E-state index contributed by atoms with van der Waals surface area (Å²) >= 11 is 0. The Labute approximate surface area is 160 Å².